The molecule has 33 heavy (non-hydrogen) atoms. The monoisotopic (exact) mass is 456 g/mol. The third kappa shape index (κ3) is 2.70. The summed E-state index contributed by atoms with van der Waals surface area (Å²) >= 11 is 6.02. The first-order valence-electron chi connectivity index (χ1n) is 12.7. The summed E-state index contributed by atoms with van der Waals surface area (Å²) in [6.07, 6.45) is 9.76. The highest BCUT2D eigenvalue weighted by atomic mass is 32.1. The molecular formula is C29H32N2OS. The highest BCUT2D eigenvalue weighted by Gasteiger charge is 2.66. The van der Waals surface area contributed by atoms with E-state index in [1.807, 2.05) is 0 Å². The Hall–Kier alpha value is -2.33. The molecule has 3 nitrogen and oxygen atoms in total. The minimum Gasteiger partial charge on any atom is -0.493 e. The fraction of sp³-hybridized carbons (Fsp3) is 0.483. The molecule has 7 rings (SSSR count). The van der Waals surface area contributed by atoms with Gasteiger partial charge in [0.15, 0.2) is 5.11 Å². The van der Waals surface area contributed by atoms with Gasteiger partial charge in [-0.05, 0) is 105 Å². The molecule has 0 aromatic heterocycles. The summed E-state index contributed by atoms with van der Waals surface area (Å²) in [5.41, 5.74) is 7.15. The number of aryl methyl sites for hydroxylation is 1. The largest absolute Gasteiger partial charge is 0.493 e. The second-order valence-corrected chi connectivity index (χ2v) is 11.6. The maximum absolute atomic E-state index is 6.26. The molecular weight excluding hydrogens is 424 g/mol. The molecule has 1 saturated carbocycles. The molecule has 1 N–H and O–H groups in total. The first kappa shape index (κ1) is 20.1. The lowest BCUT2D eigenvalue weighted by atomic mass is 9.59. The Morgan fingerprint density at radius 1 is 1.15 bits per heavy atom. The highest BCUT2D eigenvalue weighted by Crippen LogP contribution is 2.66. The third-order valence-corrected chi connectivity index (χ3v) is 9.26. The first-order valence-corrected chi connectivity index (χ1v) is 13.1. The molecule has 2 aromatic carbocycles. The van der Waals surface area contributed by atoms with E-state index in [4.69, 9.17) is 17.0 Å². The highest BCUT2D eigenvalue weighted by molar-refractivity contribution is 7.80. The molecule has 4 aliphatic carbocycles. The summed E-state index contributed by atoms with van der Waals surface area (Å²) in [5.74, 6) is 2.21. The standard InChI is InChI=1S/C29H32N2OS/c1-18(2)31-26-13-22-16-28(12-11-20-5-3-4-6-24(20)22)15-21-9-10-23(32-17-19-7-8-19)14-25(21)29(26,28)30-27(31)33/h3-6,9-10,13-14,18-19,22H,7-8,11-12,15-17H2,1-2H3,(H,30,33). The molecule has 5 aliphatic rings. The number of hydrogen-bond donors (Lipinski definition) is 1. The average molecular weight is 457 g/mol. The number of benzene rings is 2. The number of rotatable bonds is 4. The van der Waals surface area contributed by atoms with Crippen molar-refractivity contribution in [3.8, 4) is 5.75 Å². The molecule has 1 aliphatic heterocycles. The average Bonchev–Trinajstić information content (AvgIpc) is 3.54. The molecule has 2 spiro atoms. The zero-order valence-electron chi connectivity index (χ0n) is 19.6. The van der Waals surface area contributed by atoms with E-state index in [9.17, 15) is 0 Å². The summed E-state index contributed by atoms with van der Waals surface area (Å²) in [6, 6.07) is 16.3. The van der Waals surface area contributed by atoms with Gasteiger partial charge in [-0.3, -0.25) is 0 Å². The van der Waals surface area contributed by atoms with Crippen molar-refractivity contribution in [3.05, 3.63) is 76.5 Å². The number of nitrogens with one attached hydrogen (secondary N) is 1. The number of thiocarbonyl (C=S) groups is 1. The Bertz CT molecular complexity index is 1200. The van der Waals surface area contributed by atoms with Crippen LogP contribution in [0.15, 0.2) is 54.2 Å². The van der Waals surface area contributed by atoms with Crippen LogP contribution in [0.25, 0.3) is 0 Å². The van der Waals surface area contributed by atoms with Crippen LogP contribution in [0, 0.1) is 11.3 Å². The Kier molecular flexibility index (Phi) is 4.17. The summed E-state index contributed by atoms with van der Waals surface area (Å²) in [7, 11) is 0. The minimum atomic E-state index is -0.249. The van der Waals surface area contributed by atoms with Gasteiger partial charge in [0.1, 0.15) is 11.3 Å². The van der Waals surface area contributed by atoms with Crippen LogP contribution in [-0.2, 0) is 18.4 Å². The van der Waals surface area contributed by atoms with E-state index in [1.54, 1.807) is 0 Å². The Balaban J connectivity index is 1.42. The van der Waals surface area contributed by atoms with Crippen molar-refractivity contribution in [2.75, 3.05) is 6.61 Å². The molecule has 3 atom stereocenters. The van der Waals surface area contributed by atoms with Crippen LogP contribution in [0.3, 0.4) is 0 Å². The number of fused-ring (bicyclic) bond motifs is 4. The fourth-order valence-electron chi connectivity index (χ4n) is 7.30. The number of allylic oxidation sites excluding steroid dienone is 1. The van der Waals surface area contributed by atoms with Gasteiger partial charge in [-0.1, -0.05) is 36.4 Å². The van der Waals surface area contributed by atoms with Crippen molar-refractivity contribution in [2.45, 2.75) is 69.9 Å². The first-order chi connectivity index (χ1) is 16.0. The van der Waals surface area contributed by atoms with Gasteiger partial charge < -0.3 is 15.0 Å². The van der Waals surface area contributed by atoms with E-state index in [-0.39, 0.29) is 11.0 Å². The van der Waals surface area contributed by atoms with Crippen LogP contribution in [-0.4, -0.2) is 22.7 Å². The lowest BCUT2D eigenvalue weighted by molar-refractivity contribution is 0.106. The van der Waals surface area contributed by atoms with Crippen LogP contribution in [0.1, 0.15) is 67.7 Å². The summed E-state index contributed by atoms with van der Waals surface area (Å²) in [5, 5.41) is 4.84. The van der Waals surface area contributed by atoms with Crippen LogP contribution >= 0.6 is 12.2 Å². The second-order valence-electron chi connectivity index (χ2n) is 11.2. The zero-order chi connectivity index (χ0) is 22.4. The fourth-order valence-corrected chi connectivity index (χ4v) is 7.77. The summed E-state index contributed by atoms with van der Waals surface area (Å²) in [6.45, 7) is 5.37. The van der Waals surface area contributed by atoms with Crippen LogP contribution < -0.4 is 10.1 Å². The van der Waals surface area contributed by atoms with E-state index in [0.717, 1.165) is 36.2 Å². The molecule has 2 bridgehead atoms. The number of ether oxygens (including phenoxy) is 1. The van der Waals surface area contributed by atoms with Gasteiger partial charge in [0.2, 0.25) is 0 Å². The summed E-state index contributed by atoms with van der Waals surface area (Å²) in [4.78, 5) is 2.40. The van der Waals surface area contributed by atoms with E-state index < -0.39 is 0 Å². The quantitative estimate of drug-likeness (QED) is 0.585. The van der Waals surface area contributed by atoms with Crippen molar-refractivity contribution in [1.29, 1.82) is 0 Å². The molecule has 2 fully saturated rings. The topological polar surface area (TPSA) is 24.5 Å². The van der Waals surface area contributed by atoms with Crippen LogP contribution in [0.4, 0.5) is 0 Å². The third-order valence-electron chi connectivity index (χ3n) is 8.96. The minimum absolute atomic E-state index is 0.117. The van der Waals surface area contributed by atoms with Gasteiger partial charge in [-0.2, -0.15) is 0 Å². The van der Waals surface area contributed by atoms with Gasteiger partial charge in [0.05, 0.1) is 6.61 Å². The Morgan fingerprint density at radius 2 is 2.00 bits per heavy atom. The number of nitrogens with zero attached hydrogens (tertiary/aromatic N) is 1. The molecule has 2 aromatic rings. The van der Waals surface area contributed by atoms with Crippen molar-refractivity contribution in [3.63, 3.8) is 0 Å². The lowest BCUT2D eigenvalue weighted by Crippen LogP contribution is -2.53. The van der Waals surface area contributed by atoms with Crippen LogP contribution in [0.2, 0.25) is 0 Å². The lowest BCUT2D eigenvalue weighted by Gasteiger charge is -2.49. The molecule has 1 heterocycles. The predicted molar refractivity (Wildman–Crippen MR) is 135 cm³/mol. The van der Waals surface area contributed by atoms with Gasteiger partial charge in [-0.15, -0.1) is 0 Å². The normalized spacial score (nSPS) is 31.2. The predicted octanol–water partition coefficient (Wildman–Crippen LogP) is 5.83. The van der Waals surface area contributed by atoms with Crippen molar-refractivity contribution < 1.29 is 4.74 Å². The van der Waals surface area contributed by atoms with E-state index in [1.165, 1.54) is 53.6 Å². The SMILES string of the molecule is CC(C)N1C(=S)NC23C1=CC1CC2(CCc2ccccc21)Cc1ccc(OCC2CC2)cc13. The maximum atomic E-state index is 6.26. The molecule has 170 valence electrons. The van der Waals surface area contributed by atoms with Crippen molar-refractivity contribution >= 4 is 17.3 Å². The maximum Gasteiger partial charge on any atom is 0.174 e. The summed E-state index contributed by atoms with van der Waals surface area (Å²) < 4.78 is 6.26. The molecule has 1 saturated heterocycles. The molecule has 3 unspecified atom stereocenters. The van der Waals surface area contributed by atoms with E-state index >= 15 is 0 Å². The van der Waals surface area contributed by atoms with Gasteiger partial charge in [0.25, 0.3) is 0 Å². The Labute approximate surface area is 202 Å². The smallest absolute Gasteiger partial charge is 0.174 e. The van der Waals surface area contributed by atoms with Crippen LogP contribution in [0.5, 0.6) is 5.75 Å². The van der Waals surface area contributed by atoms with Gasteiger partial charge in [0, 0.05) is 23.1 Å². The van der Waals surface area contributed by atoms with E-state index in [2.05, 4.69) is 72.6 Å². The Morgan fingerprint density at radius 3 is 2.82 bits per heavy atom. The second kappa shape index (κ2) is 6.85. The molecule has 0 radical (unpaired) electrons. The molecule has 0 amide bonds. The van der Waals surface area contributed by atoms with E-state index in [0.29, 0.717) is 12.0 Å². The zero-order valence-corrected chi connectivity index (χ0v) is 20.4. The van der Waals surface area contributed by atoms with Crippen molar-refractivity contribution in [1.82, 2.24) is 10.2 Å². The van der Waals surface area contributed by atoms with Gasteiger partial charge in [-0.25, -0.2) is 0 Å². The molecule has 4 heteroatoms. The van der Waals surface area contributed by atoms with Crippen molar-refractivity contribution in [2.24, 2.45) is 11.3 Å². The van der Waals surface area contributed by atoms with Gasteiger partial charge >= 0.3 is 0 Å². The number of hydrogen-bond acceptors (Lipinski definition) is 2.